The van der Waals surface area contributed by atoms with Crippen LogP contribution in [0.5, 0.6) is 0 Å². The van der Waals surface area contributed by atoms with E-state index in [2.05, 4.69) is 16.4 Å². The van der Waals surface area contributed by atoms with Gasteiger partial charge in [0.1, 0.15) is 11.9 Å². The van der Waals surface area contributed by atoms with E-state index in [0.717, 1.165) is 42.5 Å². The Bertz CT molecular complexity index is 1130. The molecule has 1 N–H and O–H groups in total. The Labute approximate surface area is 211 Å². The Hall–Kier alpha value is -3.22. The van der Waals surface area contributed by atoms with Crippen LogP contribution in [0, 0.1) is 35.4 Å². The van der Waals surface area contributed by atoms with E-state index in [1.807, 2.05) is 31.2 Å². The lowest BCUT2D eigenvalue weighted by Gasteiger charge is -2.47. The molecule has 1 saturated heterocycles. The molecule has 36 heavy (non-hydrogen) atoms. The molecule has 2 aromatic rings. The maximum Gasteiger partial charge on any atom is 0.407 e. The second-order valence-corrected chi connectivity index (χ2v) is 10.3. The maximum absolute atomic E-state index is 13.6. The molecular weight excluding hydrogens is 459 g/mol. The van der Waals surface area contributed by atoms with Crippen LogP contribution in [0.1, 0.15) is 45.2 Å². The fourth-order valence-electron chi connectivity index (χ4n) is 6.64. The fraction of sp³-hybridized carbons (Fsp3) is 0.483. The standard InChI is InChI=1S/C29H33FN2O4/c1-3-35-29(34)32-23-10-11-24-20(14-23)15-26-27(17(2)36-28(26)33)25(24)12-9-22-8-7-19(16-31-22)18-5-4-6-21(30)13-18/h4-9,12-13,16-17,20,23-27H,3,10-11,14-15H2,1-2H3,(H,32,34)/t17-,20+,23+,24-,25-,26+,27-/m0/s1. The van der Waals surface area contributed by atoms with Crippen molar-refractivity contribution in [1.29, 1.82) is 0 Å². The van der Waals surface area contributed by atoms with E-state index in [9.17, 15) is 14.0 Å². The number of nitrogens with one attached hydrogen (secondary N) is 1. The average Bonchev–Trinajstić information content (AvgIpc) is 3.15. The summed E-state index contributed by atoms with van der Waals surface area (Å²) in [4.78, 5) is 29.2. The number of benzene rings is 1. The van der Waals surface area contributed by atoms with E-state index < -0.39 is 0 Å². The lowest BCUT2D eigenvalue weighted by molar-refractivity contribution is -0.144. The van der Waals surface area contributed by atoms with Crippen molar-refractivity contribution >= 4 is 18.1 Å². The van der Waals surface area contributed by atoms with Gasteiger partial charge in [0.2, 0.25) is 0 Å². The molecule has 2 aliphatic carbocycles. The smallest absolute Gasteiger partial charge is 0.407 e. The molecule has 7 heteroatoms. The summed E-state index contributed by atoms with van der Waals surface area (Å²) < 4.78 is 24.3. The number of ether oxygens (including phenoxy) is 2. The van der Waals surface area contributed by atoms with Gasteiger partial charge in [-0.25, -0.2) is 9.18 Å². The minimum Gasteiger partial charge on any atom is -0.462 e. The van der Waals surface area contributed by atoms with Crippen LogP contribution >= 0.6 is 0 Å². The minimum atomic E-state index is -0.368. The number of cyclic esters (lactones) is 1. The number of esters is 1. The van der Waals surface area contributed by atoms with Gasteiger partial charge < -0.3 is 14.8 Å². The van der Waals surface area contributed by atoms with Crippen molar-refractivity contribution < 1.29 is 23.5 Å². The van der Waals surface area contributed by atoms with Gasteiger partial charge in [-0.3, -0.25) is 9.78 Å². The number of alkyl carbamates (subject to hydrolysis) is 1. The number of allylic oxidation sites excluding steroid dienone is 1. The molecule has 1 aromatic heterocycles. The maximum atomic E-state index is 13.6. The average molecular weight is 493 g/mol. The largest absolute Gasteiger partial charge is 0.462 e. The first-order valence-electron chi connectivity index (χ1n) is 13.0. The molecule has 190 valence electrons. The predicted molar refractivity (Wildman–Crippen MR) is 134 cm³/mol. The van der Waals surface area contributed by atoms with Gasteiger partial charge in [-0.15, -0.1) is 0 Å². The third kappa shape index (κ3) is 5.01. The number of halogens is 1. The van der Waals surface area contributed by atoms with Crippen LogP contribution in [0.2, 0.25) is 0 Å². The molecular formula is C29H33FN2O4. The predicted octanol–water partition coefficient (Wildman–Crippen LogP) is 5.63. The van der Waals surface area contributed by atoms with E-state index in [-0.39, 0.29) is 47.8 Å². The number of hydrogen-bond acceptors (Lipinski definition) is 5. The monoisotopic (exact) mass is 492 g/mol. The van der Waals surface area contributed by atoms with Crippen molar-refractivity contribution in [3.05, 3.63) is 60.2 Å². The van der Waals surface area contributed by atoms with Gasteiger partial charge >= 0.3 is 12.1 Å². The fourth-order valence-corrected chi connectivity index (χ4v) is 6.64. The minimum absolute atomic E-state index is 0.0679. The van der Waals surface area contributed by atoms with E-state index in [1.165, 1.54) is 12.1 Å². The summed E-state index contributed by atoms with van der Waals surface area (Å²) in [6, 6.07) is 10.4. The van der Waals surface area contributed by atoms with Crippen molar-refractivity contribution in [3.63, 3.8) is 0 Å². The molecule has 7 atom stereocenters. The van der Waals surface area contributed by atoms with E-state index >= 15 is 0 Å². The summed E-state index contributed by atoms with van der Waals surface area (Å²) in [5.41, 5.74) is 2.48. The summed E-state index contributed by atoms with van der Waals surface area (Å²) >= 11 is 0. The molecule has 2 saturated carbocycles. The number of fused-ring (bicyclic) bond motifs is 2. The van der Waals surface area contributed by atoms with Gasteiger partial charge in [-0.05, 0) is 87.1 Å². The lowest BCUT2D eigenvalue weighted by Crippen LogP contribution is -2.48. The number of pyridine rings is 1. The highest BCUT2D eigenvalue weighted by Gasteiger charge is 2.54. The quantitative estimate of drug-likeness (QED) is 0.548. The summed E-state index contributed by atoms with van der Waals surface area (Å²) in [7, 11) is 0. The summed E-state index contributed by atoms with van der Waals surface area (Å²) in [5.74, 6) is 0.629. The van der Waals surface area contributed by atoms with Crippen LogP contribution in [0.3, 0.4) is 0 Å². The van der Waals surface area contributed by atoms with E-state index in [0.29, 0.717) is 18.4 Å². The molecule has 0 radical (unpaired) electrons. The SMILES string of the molecule is CCOC(=O)N[C@@H]1CC[C@H]2[C@H](C1)C[C@H]1C(=O)O[C@@H](C)[C@H]1[C@H]2C=Cc1ccc(-c2cccc(F)c2)cn1. The van der Waals surface area contributed by atoms with Crippen molar-refractivity contribution in [2.45, 2.75) is 51.7 Å². The number of carbonyl (C=O) groups is 2. The number of amides is 1. The van der Waals surface area contributed by atoms with Crippen molar-refractivity contribution in [3.8, 4) is 11.1 Å². The molecule has 1 amide bonds. The Morgan fingerprint density at radius 3 is 2.83 bits per heavy atom. The second-order valence-electron chi connectivity index (χ2n) is 10.3. The molecule has 3 aliphatic rings. The number of hydrogen-bond donors (Lipinski definition) is 1. The van der Waals surface area contributed by atoms with Crippen LogP contribution in [0.15, 0.2) is 48.7 Å². The normalized spacial score (nSPS) is 31.4. The van der Waals surface area contributed by atoms with Crippen LogP contribution < -0.4 is 5.32 Å². The van der Waals surface area contributed by atoms with E-state index in [4.69, 9.17) is 9.47 Å². The van der Waals surface area contributed by atoms with Crippen molar-refractivity contribution in [2.75, 3.05) is 6.61 Å². The number of carbonyl (C=O) groups excluding carboxylic acids is 2. The topological polar surface area (TPSA) is 77.5 Å². The Morgan fingerprint density at radius 2 is 2.08 bits per heavy atom. The molecule has 2 heterocycles. The molecule has 1 aromatic carbocycles. The van der Waals surface area contributed by atoms with Crippen LogP contribution in [0.4, 0.5) is 9.18 Å². The third-order valence-corrected chi connectivity index (χ3v) is 8.18. The van der Waals surface area contributed by atoms with Crippen LogP contribution in [-0.2, 0) is 14.3 Å². The zero-order valence-electron chi connectivity index (χ0n) is 20.7. The van der Waals surface area contributed by atoms with Gasteiger partial charge in [-0.1, -0.05) is 24.3 Å². The molecule has 6 nitrogen and oxygen atoms in total. The number of rotatable bonds is 5. The highest BCUT2D eigenvalue weighted by atomic mass is 19.1. The number of aromatic nitrogens is 1. The third-order valence-electron chi connectivity index (χ3n) is 8.18. The molecule has 5 rings (SSSR count). The van der Waals surface area contributed by atoms with Gasteiger partial charge in [0.05, 0.1) is 18.2 Å². The van der Waals surface area contributed by atoms with Gasteiger partial charge in [0, 0.05) is 23.7 Å². The van der Waals surface area contributed by atoms with E-state index in [1.54, 1.807) is 19.2 Å². The first-order valence-corrected chi connectivity index (χ1v) is 13.0. The number of nitrogens with zero attached hydrogens (tertiary/aromatic N) is 1. The van der Waals surface area contributed by atoms with Gasteiger partial charge in [0.25, 0.3) is 0 Å². The zero-order valence-corrected chi connectivity index (χ0v) is 20.7. The van der Waals surface area contributed by atoms with Gasteiger partial charge in [0.15, 0.2) is 0 Å². The van der Waals surface area contributed by atoms with Crippen molar-refractivity contribution in [2.24, 2.45) is 29.6 Å². The highest BCUT2D eigenvalue weighted by Crippen LogP contribution is 2.53. The van der Waals surface area contributed by atoms with Gasteiger partial charge in [-0.2, -0.15) is 0 Å². The van der Waals surface area contributed by atoms with Crippen LogP contribution in [-0.4, -0.2) is 35.8 Å². The Balaban J connectivity index is 1.34. The second kappa shape index (κ2) is 10.4. The first kappa shape index (κ1) is 24.5. The molecule has 3 fully saturated rings. The van der Waals surface area contributed by atoms with Crippen molar-refractivity contribution in [1.82, 2.24) is 10.3 Å². The Morgan fingerprint density at radius 1 is 1.22 bits per heavy atom. The summed E-state index contributed by atoms with van der Waals surface area (Å²) in [5, 5.41) is 3.00. The first-order chi connectivity index (χ1) is 17.4. The molecule has 0 unspecified atom stereocenters. The Kier molecular flexibility index (Phi) is 7.08. The molecule has 0 spiro atoms. The summed E-state index contributed by atoms with van der Waals surface area (Å²) in [6.45, 7) is 4.15. The summed E-state index contributed by atoms with van der Waals surface area (Å²) in [6.07, 6.45) is 9.07. The highest BCUT2D eigenvalue weighted by molar-refractivity contribution is 5.75. The molecule has 0 bridgehead atoms. The molecule has 1 aliphatic heterocycles. The van der Waals surface area contributed by atoms with Crippen LogP contribution in [0.25, 0.3) is 17.2 Å². The lowest BCUT2D eigenvalue weighted by atomic mass is 9.57. The zero-order chi connectivity index (χ0) is 25.2.